The molecule has 19 heavy (non-hydrogen) atoms. The second-order valence-corrected chi connectivity index (χ2v) is 4.53. The molecule has 0 unspecified atom stereocenters. The van der Waals surface area contributed by atoms with Crippen LogP contribution in [-0.4, -0.2) is 26.3 Å². The predicted octanol–water partition coefficient (Wildman–Crippen LogP) is 3.00. The first-order chi connectivity index (χ1) is 9.17. The van der Waals surface area contributed by atoms with E-state index in [2.05, 4.69) is 23.8 Å². The number of ether oxygens (including phenoxy) is 2. The molecule has 0 saturated carbocycles. The van der Waals surface area contributed by atoms with Gasteiger partial charge < -0.3 is 9.47 Å². The first kappa shape index (κ1) is 15.4. The molecule has 0 bridgehead atoms. The Morgan fingerprint density at radius 3 is 2.53 bits per heavy atom. The van der Waals surface area contributed by atoms with Crippen LogP contribution in [0.3, 0.4) is 0 Å². The van der Waals surface area contributed by atoms with Crippen LogP contribution in [0, 0.1) is 5.92 Å². The monoisotopic (exact) mass is 262 g/mol. The molecule has 0 N–H and O–H groups in total. The first-order valence-corrected chi connectivity index (χ1v) is 6.47. The maximum Gasteiger partial charge on any atom is 0.309 e. The Kier molecular flexibility index (Phi) is 6.90. The lowest BCUT2D eigenvalue weighted by Crippen LogP contribution is -2.21. The van der Waals surface area contributed by atoms with Crippen molar-refractivity contribution in [3.8, 4) is 0 Å². The molecule has 0 aliphatic carbocycles. The van der Waals surface area contributed by atoms with Crippen LogP contribution in [0.25, 0.3) is 0 Å². The fourth-order valence-corrected chi connectivity index (χ4v) is 1.92. The summed E-state index contributed by atoms with van der Waals surface area (Å²) in [6.07, 6.45) is 5.13. The maximum atomic E-state index is 11.0. The third-order valence-corrected chi connectivity index (χ3v) is 3.12. The van der Waals surface area contributed by atoms with E-state index in [1.807, 2.05) is 30.4 Å². The lowest BCUT2D eigenvalue weighted by Gasteiger charge is -2.20. The van der Waals surface area contributed by atoms with Crippen molar-refractivity contribution in [3.05, 3.63) is 48.0 Å². The van der Waals surface area contributed by atoms with E-state index in [9.17, 15) is 4.79 Å². The van der Waals surface area contributed by atoms with Gasteiger partial charge in [0.05, 0.1) is 19.6 Å². The SMILES string of the molecule is COC(=O)C/C=C/[C@H](C)[C@H](Cc1ccccc1)OC. The molecule has 0 spiro atoms. The Bertz CT molecular complexity index is 398. The van der Waals surface area contributed by atoms with Crippen LogP contribution >= 0.6 is 0 Å². The largest absolute Gasteiger partial charge is 0.469 e. The molecule has 0 saturated heterocycles. The highest BCUT2D eigenvalue weighted by Gasteiger charge is 2.14. The van der Waals surface area contributed by atoms with E-state index >= 15 is 0 Å². The summed E-state index contributed by atoms with van der Waals surface area (Å²) in [7, 11) is 3.12. The molecular formula is C16H22O3. The molecule has 0 radical (unpaired) electrons. The number of rotatable bonds is 7. The molecule has 1 rings (SSSR count). The summed E-state index contributed by atoms with van der Waals surface area (Å²) >= 11 is 0. The Morgan fingerprint density at radius 2 is 1.95 bits per heavy atom. The van der Waals surface area contributed by atoms with Crippen molar-refractivity contribution in [2.24, 2.45) is 5.92 Å². The molecule has 3 nitrogen and oxygen atoms in total. The average Bonchev–Trinajstić information content (AvgIpc) is 2.45. The highest BCUT2D eigenvalue weighted by Crippen LogP contribution is 2.15. The van der Waals surface area contributed by atoms with Gasteiger partial charge in [0.1, 0.15) is 0 Å². The number of methoxy groups -OCH3 is 2. The van der Waals surface area contributed by atoms with Gasteiger partial charge in [0, 0.05) is 13.0 Å². The van der Waals surface area contributed by atoms with Crippen LogP contribution in [0.1, 0.15) is 18.9 Å². The number of esters is 1. The van der Waals surface area contributed by atoms with Crippen molar-refractivity contribution in [3.63, 3.8) is 0 Å². The minimum Gasteiger partial charge on any atom is -0.469 e. The topological polar surface area (TPSA) is 35.5 Å². The number of hydrogen-bond acceptors (Lipinski definition) is 3. The zero-order valence-corrected chi connectivity index (χ0v) is 11.8. The number of benzene rings is 1. The fourth-order valence-electron chi connectivity index (χ4n) is 1.92. The molecule has 0 aromatic heterocycles. The number of carbonyl (C=O) groups excluding carboxylic acids is 1. The van der Waals surface area contributed by atoms with Crippen LogP contribution < -0.4 is 0 Å². The summed E-state index contributed by atoms with van der Waals surface area (Å²) < 4.78 is 10.1. The molecule has 0 fully saturated rings. The normalized spacial score (nSPS) is 14.3. The highest BCUT2D eigenvalue weighted by molar-refractivity contribution is 5.70. The van der Waals surface area contributed by atoms with Crippen LogP contribution in [0.15, 0.2) is 42.5 Å². The van der Waals surface area contributed by atoms with E-state index < -0.39 is 0 Å². The van der Waals surface area contributed by atoms with Crippen LogP contribution in [0.2, 0.25) is 0 Å². The highest BCUT2D eigenvalue weighted by atomic mass is 16.5. The molecule has 104 valence electrons. The Balaban J connectivity index is 2.52. The van der Waals surface area contributed by atoms with Gasteiger partial charge in [0.15, 0.2) is 0 Å². The molecule has 1 aromatic rings. The minimum atomic E-state index is -0.222. The quantitative estimate of drug-likeness (QED) is 0.560. The standard InChI is InChI=1S/C16H22O3/c1-13(8-7-11-16(17)19-3)15(18-2)12-14-9-5-4-6-10-14/h4-10,13,15H,11-12H2,1-3H3/b8-7+/t13-,15-/m0/s1. The van der Waals surface area contributed by atoms with E-state index in [0.29, 0.717) is 6.42 Å². The van der Waals surface area contributed by atoms with Gasteiger partial charge in [-0.25, -0.2) is 0 Å². The number of carbonyl (C=O) groups is 1. The first-order valence-electron chi connectivity index (χ1n) is 6.47. The van der Waals surface area contributed by atoms with Gasteiger partial charge in [-0.05, 0) is 12.0 Å². The van der Waals surface area contributed by atoms with Crippen LogP contribution in [-0.2, 0) is 20.7 Å². The summed E-state index contributed by atoms with van der Waals surface area (Å²) in [6, 6.07) is 10.2. The van der Waals surface area contributed by atoms with Gasteiger partial charge in [0.25, 0.3) is 0 Å². The summed E-state index contributed by atoms with van der Waals surface area (Å²) in [5.41, 5.74) is 1.25. The van der Waals surface area contributed by atoms with Crippen LogP contribution in [0.4, 0.5) is 0 Å². The lowest BCUT2D eigenvalue weighted by atomic mass is 9.97. The van der Waals surface area contributed by atoms with Gasteiger partial charge >= 0.3 is 5.97 Å². The van der Waals surface area contributed by atoms with Gasteiger partial charge in [-0.15, -0.1) is 0 Å². The van der Waals surface area contributed by atoms with Gasteiger partial charge in [-0.3, -0.25) is 4.79 Å². The van der Waals surface area contributed by atoms with Crippen molar-refractivity contribution in [1.82, 2.24) is 0 Å². The Hall–Kier alpha value is -1.61. The van der Waals surface area contributed by atoms with E-state index in [1.54, 1.807) is 7.11 Å². The molecule has 2 atom stereocenters. The van der Waals surface area contributed by atoms with Gasteiger partial charge in [-0.1, -0.05) is 49.4 Å². The zero-order valence-electron chi connectivity index (χ0n) is 11.8. The molecule has 1 aromatic carbocycles. The second-order valence-electron chi connectivity index (χ2n) is 4.53. The summed E-state index contributed by atoms with van der Waals surface area (Å²) in [4.78, 5) is 11.0. The van der Waals surface area contributed by atoms with E-state index in [1.165, 1.54) is 12.7 Å². The molecular weight excluding hydrogens is 240 g/mol. The van der Waals surface area contributed by atoms with Crippen molar-refractivity contribution >= 4 is 5.97 Å². The Labute approximate surface area is 115 Å². The fraction of sp³-hybridized carbons (Fsp3) is 0.438. The molecule has 0 heterocycles. The Morgan fingerprint density at radius 1 is 1.26 bits per heavy atom. The molecule has 3 heteroatoms. The van der Waals surface area contributed by atoms with Gasteiger partial charge in [-0.2, -0.15) is 0 Å². The average molecular weight is 262 g/mol. The third-order valence-electron chi connectivity index (χ3n) is 3.12. The van der Waals surface area contributed by atoms with Crippen molar-refractivity contribution < 1.29 is 14.3 Å². The lowest BCUT2D eigenvalue weighted by molar-refractivity contribution is -0.139. The summed E-state index contributed by atoms with van der Waals surface area (Å²) in [5.74, 6) is 0.0235. The maximum absolute atomic E-state index is 11.0. The number of hydrogen-bond donors (Lipinski definition) is 0. The second kappa shape index (κ2) is 8.48. The van der Waals surface area contributed by atoms with Gasteiger partial charge in [0.2, 0.25) is 0 Å². The smallest absolute Gasteiger partial charge is 0.309 e. The van der Waals surface area contributed by atoms with Crippen LogP contribution in [0.5, 0.6) is 0 Å². The molecule has 0 aliphatic rings. The van der Waals surface area contributed by atoms with E-state index in [4.69, 9.17) is 4.74 Å². The third kappa shape index (κ3) is 5.71. The summed E-state index contributed by atoms with van der Waals surface area (Å²) in [6.45, 7) is 2.09. The van der Waals surface area contributed by atoms with Crippen molar-refractivity contribution in [2.75, 3.05) is 14.2 Å². The predicted molar refractivity (Wildman–Crippen MR) is 75.9 cm³/mol. The van der Waals surface area contributed by atoms with Crippen molar-refractivity contribution in [2.45, 2.75) is 25.9 Å². The van der Waals surface area contributed by atoms with E-state index in [-0.39, 0.29) is 18.0 Å². The van der Waals surface area contributed by atoms with Crippen molar-refractivity contribution in [1.29, 1.82) is 0 Å². The minimum absolute atomic E-state index is 0.108. The summed E-state index contributed by atoms with van der Waals surface area (Å²) in [5, 5.41) is 0. The molecule has 0 amide bonds. The molecule has 0 aliphatic heterocycles. The van der Waals surface area contributed by atoms with E-state index in [0.717, 1.165) is 6.42 Å². The zero-order chi connectivity index (χ0) is 14.1.